The molecule has 0 radical (unpaired) electrons. The monoisotopic (exact) mass is 419 g/mol. The van der Waals surface area contributed by atoms with Crippen LogP contribution >= 0.6 is 11.8 Å². The number of nitrogens with one attached hydrogen (secondary N) is 1. The molecule has 6 nitrogen and oxygen atoms in total. The third-order valence-electron chi connectivity index (χ3n) is 4.54. The van der Waals surface area contributed by atoms with E-state index in [-0.39, 0.29) is 5.91 Å². The Labute approximate surface area is 178 Å². The predicted octanol–water partition coefficient (Wildman–Crippen LogP) is 5.73. The molecule has 0 aliphatic carbocycles. The maximum Gasteiger partial charge on any atom is 0.277 e. The Hall–Kier alpha value is -3.32. The summed E-state index contributed by atoms with van der Waals surface area (Å²) in [5.41, 5.74) is 4.53. The Morgan fingerprint density at radius 2 is 1.73 bits per heavy atom. The number of benzene rings is 2. The van der Waals surface area contributed by atoms with Crippen LogP contribution in [0.3, 0.4) is 0 Å². The van der Waals surface area contributed by atoms with Gasteiger partial charge in [-0.15, -0.1) is 10.2 Å². The number of carbonyl (C=O) groups excluding carboxylic acids is 1. The van der Waals surface area contributed by atoms with E-state index in [2.05, 4.69) is 21.6 Å². The van der Waals surface area contributed by atoms with Gasteiger partial charge < -0.3 is 14.2 Å². The number of rotatable bonds is 6. The van der Waals surface area contributed by atoms with Gasteiger partial charge in [0.15, 0.2) is 0 Å². The van der Waals surface area contributed by atoms with Gasteiger partial charge in [-0.05, 0) is 67.4 Å². The van der Waals surface area contributed by atoms with Crippen LogP contribution in [0.1, 0.15) is 27.7 Å². The molecule has 4 rings (SSSR count). The molecule has 0 fully saturated rings. The third-order valence-corrected chi connectivity index (χ3v) is 5.63. The van der Waals surface area contributed by atoms with Gasteiger partial charge in [0, 0.05) is 5.69 Å². The standard InChI is InChI=1S/C23H21N3O3S/c1-14-11-15(2)13-18(12-14)24-21(27)20(17-7-5-4-6-8-17)30-23-26-25-22(29-23)19-9-10-28-16(19)3/h4-13,20H,1-3H3,(H,24,27)/t20-/m1/s1. The van der Waals surface area contributed by atoms with Crippen LogP contribution in [-0.4, -0.2) is 16.1 Å². The van der Waals surface area contributed by atoms with Gasteiger partial charge in [-0.2, -0.15) is 0 Å². The number of hydrogen-bond acceptors (Lipinski definition) is 6. The molecule has 0 spiro atoms. The SMILES string of the molecule is Cc1cc(C)cc(NC(=O)[C@H](Sc2nnc(-c3ccoc3C)o2)c2ccccc2)c1. The van der Waals surface area contributed by atoms with Crippen LogP contribution in [0.15, 0.2) is 74.9 Å². The second kappa shape index (κ2) is 8.59. The van der Waals surface area contributed by atoms with E-state index in [4.69, 9.17) is 8.83 Å². The normalized spacial score (nSPS) is 12.0. The molecule has 0 aliphatic rings. The van der Waals surface area contributed by atoms with E-state index in [9.17, 15) is 4.79 Å². The summed E-state index contributed by atoms with van der Waals surface area (Å²) in [7, 11) is 0. The molecule has 4 aromatic rings. The Kier molecular flexibility index (Phi) is 5.72. The van der Waals surface area contributed by atoms with Crippen LogP contribution in [0.2, 0.25) is 0 Å². The fraction of sp³-hybridized carbons (Fsp3) is 0.174. The number of hydrogen-bond donors (Lipinski definition) is 1. The largest absolute Gasteiger partial charge is 0.469 e. The fourth-order valence-electron chi connectivity index (χ4n) is 3.23. The van der Waals surface area contributed by atoms with Crippen molar-refractivity contribution in [3.8, 4) is 11.5 Å². The molecule has 7 heteroatoms. The van der Waals surface area contributed by atoms with Crippen LogP contribution in [0.4, 0.5) is 5.69 Å². The Balaban J connectivity index is 1.60. The summed E-state index contributed by atoms with van der Waals surface area (Å²) in [5.74, 6) is 0.906. The molecule has 2 aromatic heterocycles. The van der Waals surface area contributed by atoms with Gasteiger partial charge in [0.2, 0.25) is 5.91 Å². The van der Waals surface area contributed by atoms with Crippen molar-refractivity contribution in [1.82, 2.24) is 10.2 Å². The van der Waals surface area contributed by atoms with Crippen molar-refractivity contribution in [2.75, 3.05) is 5.32 Å². The predicted molar refractivity (Wildman–Crippen MR) is 116 cm³/mol. The van der Waals surface area contributed by atoms with E-state index in [1.165, 1.54) is 11.8 Å². The molecule has 1 atom stereocenters. The van der Waals surface area contributed by atoms with Gasteiger partial charge in [-0.3, -0.25) is 4.79 Å². The van der Waals surface area contributed by atoms with Crippen LogP contribution in [0, 0.1) is 20.8 Å². The van der Waals surface area contributed by atoms with Crippen LogP contribution in [-0.2, 0) is 4.79 Å². The van der Waals surface area contributed by atoms with Crippen molar-refractivity contribution in [3.63, 3.8) is 0 Å². The van der Waals surface area contributed by atoms with Crippen molar-refractivity contribution >= 4 is 23.4 Å². The van der Waals surface area contributed by atoms with Crippen LogP contribution in [0.5, 0.6) is 0 Å². The minimum absolute atomic E-state index is 0.157. The molecule has 152 valence electrons. The lowest BCUT2D eigenvalue weighted by atomic mass is 10.1. The van der Waals surface area contributed by atoms with Crippen molar-refractivity contribution < 1.29 is 13.6 Å². The Bertz CT molecular complexity index is 1150. The van der Waals surface area contributed by atoms with Crippen molar-refractivity contribution in [1.29, 1.82) is 0 Å². The highest BCUT2D eigenvalue weighted by Gasteiger charge is 2.25. The van der Waals surface area contributed by atoms with E-state index in [1.54, 1.807) is 12.3 Å². The van der Waals surface area contributed by atoms with Gasteiger partial charge >= 0.3 is 0 Å². The summed E-state index contributed by atoms with van der Waals surface area (Å²) >= 11 is 1.22. The summed E-state index contributed by atoms with van der Waals surface area (Å²) in [5, 5.41) is 11.0. The molecule has 0 unspecified atom stereocenters. The molecular formula is C23H21N3O3S. The first-order valence-electron chi connectivity index (χ1n) is 9.48. The highest BCUT2D eigenvalue weighted by atomic mass is 32.2. The highest BCUT2D eigenvalue weighted by molar-refractivity contribution is 8.00. The second-order valence-electron chi connectivity index (χ2n) is 7.04. The van der Waals surface area contributed by atoms with E-state index < -0.39 is 5.25 Å². The number of anilines is 1. The van der Waals surface area contributed by atoms with Gasteiger partial charge in [0.05, 0.1) is 11.8 Å². The van der Waals surface area contributed by atoms with E-state index in [0.717, 1.165) is 27.9 Å². The highest BCUT2D eigenvalue weighted by Crippen LogP contribution is 2.37. The van der Waals surface area contributed by atoms with Gasteiger partial charge in [0.1, 0.15) is 11.0 Å². The quantitative estimate of drug-likeness (QED) is 0.402. The zero-order valence-electron chi connectivity index (χ0n) is 16.9. The van der Waals surface area contributed by atoms with E-state index in [0.29, 0.717) is 16.9 Å². The summed E-state index contributed by atoms with van der Waals surface area (Å²) in [6, 6.07) is 17.3. The number of aryl methyl sites for hydroxylation is 3. The molecule has 0 saturated carbocycles. The Morgan fingerprint density at radius 3 is 2.40 bits per heavy atom. The first kappa shape index (κ1) is 20.0. The van der Waals surface area contributed by atoms with Crippen LogP contribution in [0.25, 0.3) is 11.5 Å². The number of carbonyl (C=O) groups is 1. The number of aromatic nitrogens is 2. The van der Waals surface area contributed by atoms with Gasteiger partial charge in [0.25, 0.3) is 11.1 Å². The van der Waals surface area contributed by atoms with Crippen LogP contribution < -0.4 is 5.32 Å². The average molecular weight is 420 g/mol. The van der Waals surface area contributed by atoms with Gasteiger partial charge in [-0.25, -0.2) is 0 Å². The first-order chi connectivity index (χ1) is 14.5. The maximum atomic E-state index is 13.2. The molecular weight excluding hydrogens is 398 g/mol. The number of nitrogens with zero attached hydrogens (tertiary/aromatic N) is 2. The van der Waals surface area contributed by atoms with E-state index >= 15 is 0 Å². The lowest BCUT2D eigenvalue weighted by Crippen LogP contribution is -2.19. The summed E-state index contributed by atoms with van der Waals surface area (Å²) in [6.07, 6.45) is 1.58. The molecule has 0 aliphatic heterocycles. The molecule has 1 N–H and O–H groups in total. The summed E-state index contributed by atoms with van der Waals surface area (Å²) in [4.78, 5) is 13.2. The second-order valence-corrected chi connectivity index (χ2v) is 8.09. The third kappa shape index (κ3) is 4.46. The number of furan rings is 1. The number of thioether (sulfide) groups is 1. The lowest BCUT2D eigenvalue weighted by Gasteiger charge is -2.16. The molecule has 0 bridgehead atoms. The Morgan fingerprint density at radius 1 is 1.00 bits per heavy atom. The molecule has 30 heavy (non-hydrogen) atoms. The molecule has 0 saturated heterocycles. The zero-order chi connectivity index (χ0) is 21.1. The zero-order valence-corrected chi connectivity index (χ0v) is 17.7. The van der Waals surface area contributed by atoms with E-state index in [1.807, 2.05) is 63.2 Å². The smallest absolute Gasteiger partial charge is 0.277 e. The minimum Gasteiger partial charge on any atom is -0.469 e. The topological polar surface area (TPSA) is 81.2 Å². The van der Waals surface area contributed by atoms with Crippen molar-refractivity contribution in [2.24, 2.45) is 0 Å². The summed E-state index contributed by atoms with van der Waals surface area (Å²) in [6.45, 7) is 5.84. The van der Waals surface area contributed by atoms with Crippen molar-refractivity contribution in [3.05, 3.63) is 83.3 Å². The minimum atomic E-state index is -0.550. The average Bonchev–Trinajstić information content (AvgIpc) is 3.34. The fourth-order valence-corrected chi connectivity index (χ4v) is 4.11. The summed E-state index contributed by atoms with van der Waals surface area (Å²) < 4.78 is 11.1. The van der Waals surface area contributed by atoms with Gasteiger partial charge in [-0.1, -0.05) is 36.4 Å². The lowest BCUT2D eigenvalue weighted by molar-refractivity contribution is -0.115. The molecule has 2 heterocycles. The number of amides is 1. The molecule has 1 amide bonds. The van der Waals surface area contributed by atoms with Crippen molar-refractivity contribution in [2.45, 2.75) is 31.2 Å². The molecule has 2 aromatic carbocycles. The maximum absolute atomic E-state index is 13.2. The first-order valence-corrected chi connectivity index (χ1v) is 10.4.